The first kappa shape index (κ1) is 10.9. The molecular weight excluding hydrogens is 208 g/mol. The van der Waals surface area contributed by atoms with E-state index in [4.69, 9.17) is 9.47 Å². The first-order valence-electron chi connectivity index (χ1n) is 5.29. The van der Waals surface area contributed by atoms with Crippen LogP contribution in [0.15, 0.2) is 24.3 Å². The van der Waals surface area contributed by atoms with Crippen molar-refractivity contribution >= 4 is 11.9 Å². The van der Waals surface area contributed by atoms with Gasteiger partial charge in [-0.1, -0.05) is 24.3 Å². The highest BCUT2D eigenvalue weighted by atomic mass is 16.6. The van der Waals surface area contributed by atoms with E-state index in [1.54, 1.807) is 0 Å². The van der Waals surface area contributed by atoms with Gasteiger partial charge in [0.25, 0.3) is 0 Å². The van der Waals surface area contributed by atoms with Crippen LogP contribution in [0.1, 0.15) is 13.8 Å². The Bertz CT molecular complexity index is 333. The standard InChI is InChI=1S/C12H14O4/c1-7(13)15-11-9-5-3-4-6-10(9)12(11)16-8(2)14/h3-6,9-12H,1-2H3/t9?,10?,11-,12?/m1/s1. The molecule has 0 aliphatic heterocycles. The molecule has 4 atom stereocenters. The summed E-state index contributed by atoms with van der Waals surface area (Å²) in [5.74, 6) is -0.413. The van der Waals surface area contributed by atoms with Crippen LogP contribution in [0.3, 0.4) is 0 Å². The maximum atomic E-state index is 10.9. The summed E-state index contributed by atoms with van der Waals surface area (Å²) in [6, 6.07) is 0. The number of allylic oxidation sites excluding steroid dienone is 2. The molecule has 0 aromatic carbocycles. The average molecular weight is 222 g/mol. The fraction of sp³-hybridized carbons (Fsp3) is 0.500. The van der Waals surface area contributed by atoms with Crippen molar-refractivity contribution in [3.05, 3.63) is 24.3 Å². The molecule has 0 aromatic heterocycles. The Balaban J connectivity index is 2.08. The zero-order valence-corrected chi connectivity index (χ0v) is 9.25. The first-order valence-corrected chi connectivity index (χ1v) is 5.29. The van der Waals surface area contributed by atoms with E-state index in [0.29, 0.717) is 0 Å². The molecular formula is C12H14O4. The highest BCUT2D eigenvalue weighted by molar-refractivity contribution is 5.68. The first-order chi connectivity index (χ1) is 7.59. The van der Waals surface area contributed by atoms with Gasteiger partial charge in [-0.3, -0.25) is 9.59 Å². The highest BCUT2D eigenvalue weighted by Gasteiger charge is 2.53. The van der Waals surface area contributed by atoms with Gasteiger partial charge in [-0.15, -0.1) is 0 Å². The molecule has 2 aliphatic rings. The summed E-state index contributed by atoms with van der Waals surface area (Å²) in [7, 11) is 0. The van der Waals surface area contributed by atoms with E-state index in [-0.39, 0.29) is 36.0 Å². The van der Waals surface area contributed by atoms with E-state index < -0.39 is 0 Å². The van der Waals surface area contributed by atoms with Gasteiger partial charge in [-0.25, -0.2) is 0 Å². The Labute approximate surface area is 93.9 Å². The summed E-state index contributed by atoms with van der Waals surface area (Å²) in [6.07, 6.45) is 7.13. The van der Waals surface area contributed by atoms with Crippen LogP contribution in [0, 0.1) is 11.8 Å². The lowest BCUT2D eigenvalue weighted by Gasteiger charge is -2.48. The molecule has 0 aromatic rings. The van der Waals surface area contributed by atoms with Crippen molar-refractivity contribution in [3.8, 4) is 0 Å². The fourth-order valence-electron chi connectivity index (χ4n) is 2.27. The molecule has 0 N–H and O–H groups in total. The van der Waals surface area contributed by atoms with Gasteiger partial charge in [-0.05, 0) is 0 Å². The summed E-state index contributed by atoms with van der Waals surface area (Å²) in [5, 5.41) is 0. The molecule has 2 rings (SSSR count). The van der Waals surface area contributed by atoms with Crippen molar-refractivity contribution in [3.63, 3.8) is 0 Å². The highest BCUT2D eigenvalue weighted by Crippen LogP contribution is 2.43. The van der Waals surface area contributed by atoms with Crippen molar-refractivity contribution in [2.24, 2.45) is 11.8 Å². The number of hydrogen-bond donors (Lipinski definition) is 0. The number of carbonyl (C=O) groups is 2. The molecule has 0 radical (unpaired) electrons. The summed E-state index contributed by atoms with van der Waals surface area (Å²) in [4.78, 5) is 21.9. The number of carbonyl (C=O) groups excluding carboxylic acids is 2. The minimum atomic E-state index is -0.344. The predicted molar refractivity (Wildman–Crippen MR) is 56.4 cm³/mol. The Hall–Kier alpha value is -1.58. The van der Waals surface area contributed by atoms with Gasteiger partial charge < -0.3 is 9.47 Å². The summed E-state index contributed by atoms with van der Waals surface area (Å²) >= 11 is 0. The molecule has 0 amide bonds. The topological polar surface area (TPSA) is 52.6 Å². The Morgan fingerprint density at radius 1 is 0.875 bits per heavy atom. The average Bonchev–Trinajstić information content (AvgIpc) is 2.23. The van der Waals surface area contributed by atoms with Crippen LogP contribution >= 0.6 is 0 Å². The zero-order valence-electron chi connectivity index (χ0n) is 9.25. The van der Waals surface area contributed by atoms with Crippen molar-refractivity contribution < 1.29 is 19.1 Å². The lowest BCUT2D eigenvalue weighted by atomic mass is 9.66. The Morgan fingerprint density at radius 3 is 1.56 bits per heavy atom. The van der Waals surface area contributed by atoms with E-state index in [2.05, 4.69) is 0 Å². The second kappa shape index (κ2) is 4.12. The van der Waals surface area contributed by atoms with Crippen molar-refractivity contribution in [2.75, 3.05) is 0 Å². The quantitative estimate of drug-likeness (QED) is 0.659. The molecule has 0 bridgehead atoms. The van der Waals surface area contributed by atoms with Gasteiger partial charge in [0.1, 0.15) is 12.2 Å². The minimum absolute atomic E-state index is 0.137. The van der Waals surface area contributed by atoms with Gasteiger partial charge in [0, 0.05) is 25.7 Å². The second-order valence-corrected chi connectivity index (χ2v) is 4.07. The van der Waals surface area contributed by atoms with Crippen LogP contribution in [0.5, 0.6) is 0 Å². The molecule has 4 nitrogen and oxygen atoms in total. The maximum Gasteiger partial charge on any atom is 0.303 e. The van der Waals surface area contributed by atoms with E-state index in [1.165, 1.54) is 13.8 Å². The van der Waals surface area contributed by atoms with Crippen LogP contribution in [-0.2, 0) is 19.1 Å². The van der Waals surface area contributed by atoms with Crippen LogP contribution in [0.25, 0.3) is 0 Å². The molecule has 2 aliphatic carbocycles. The number of fused-ring (bicyclic) bond motifs is 1. The van der Waals surface area contributed by atoms with Crippen LogP contribution in [0.2, 0.25) is 0 Å². The van der Waals surface area contributed by atoms with Crippen LogP contribution in [-0.4, -0.2) is 24.1 Å². The molecule has 0 heterocycles. The summed E-state index contributed by atoms with van der Waals surface area (Å²) in [6.45, 7) is 2.72. The molecule has 3 unspecified atom stereocenters. The molecule has 1 saturated carbocycles. The van der Waals surface area contributed by atoms with Gasteiger partial charge in [0.05, 0.1) is 0 Å². The molecule has 16 heavy (non-hydrogen) atoms. The normalized spacial score (nSPS) is 34.9. The SMILES string of the molecule is CC(=O)OC1C2C=CC=CC2[C@H]1OC(C)=O. The van der Waals surface area contributed by atoms with Crippen LogP contribution in [0.4, 0.5) is 0 Å². The van der Waals surface area contributed by atoms with E-state index >= 15 is 0 Å². The van der Waals surface area contributed by atoms with Crippen LogP contribution < -0.4 is 0 Å². The second-order valence-electron chi connectivity index (χ2n) is 4.07. The number of esters is 2. The predicted octanol–water partition coefficient (Wildman–Crippen LogP) is 1.22. The smallest absolute Gasteiger partial charge is 0.303 e. The third-order valence-electron chi connectivity index (χ3n) is 2.91. The van der Waals surface area contributed by atoms with Gasteiger partial charge in [-0.2, -0.15) is 0 Å². The van der Waals surface area contributed by atoms with Gasteiger partial charge in [0.2, 0.25) is 0 Å². The number of hydrogen-bond acceptors (Lipinski definition) is 4. The zero-order chi connectivity index (χ0) is 11.7. The largest absolute Gasteiger partial charge is 0.458 e. The lowest BCUT2D eigenvalue weighted by Crippen LogP contribution is -2.58. The Kier molecular flexibility index (Phi) is 2.81. The molecule has 0 spiro atoms. The molecule has 86 valence electrons. The Morgan fingerprint density at radius 2 is 1.25 bits per heavy atom. The molecule has 0 saturated heterocycles. The maximum absolute atomic E-state index is 10.9. The summed E-state index contributed by atoms with van der Waals surface area (Å²) < 4.78 is 10.3. The van der Waals surface area contributed by atoms with Gasteiger partial charge in [0.15, 0.2) is 0 Å². The minimum Gasteiger partial charge on any atom is -0.458 e. The van der Waals surface area contributed by atoms with Crippen molar-refractivity contribution in [1.82, 2.24) is 0 Å². The summed E-state index contributed by atoms with van der Waals surface area (Å²) in [5.41, 5.74) is 0. The third-order valence-corrected chi connectivity index (χ3v) is 2.91. The lowest BCUT2D eigenvalue weighted by molar-refractivity contribution is -0.196. The third kappa shape index (κ3) is 1.87. The number of rotatable bonds is 2. The van der Waals surface area contributed by atoms with E-state index in [0.717, 1.165) is 0 Å². The van der Waals surface area contributed by atoms with Crippen molar-refractivity contribution in [1.29, 1.82) is 0 Å². The van der Waals surface area contributed by atoms with Gasteiger partial charge >= 0.3 is 11.9 Å². The fourth-order valence-corrected chi connectivity index (χ4v) is 2.27. The van der Waals surface area contributed by atoms with E-state index in [1.807, 2.05) is 24.3 Å². The molecule has 4 heteroatoms. The van der Waals surface area contributed by atoms with E-state index in [9.17, 15) is 9.59 Å². The monoisotopic (exact) mass is 222 g/mol. The number of ether oxygens (including phenoxy) is 2. The molecule has 1 fully saturated rings. The van der Waals surface area contributed by atoms with Crippen molar-refractivity contribution in [2.45, 2.75) is 26.1 Å².